The van der Waals surface area contributed by atoms with Crippen LogP contribution in [-0.4, -0.2) is 21.5 Å². The number of aliphatic carboxylic acids is 1. The van der Waals surface area contributed by atoms with E-state index in [2.05, 4.69) is 5.32 Å². The van der Waals surface area contributed by atoms with E-state index in [4.69, 9.17) is 0 Å². The van der Waals surface area contributed by atoms with Gasteiger partial charge in [-0.25, -0.2) is 4.79 Å². The lowest BCUT2D eigenvalue weighted by Crippen LogP contribution is -2.43. The van der Waals surface area contributed by atoms with E-state index >= 15 is 0 Å². The lowest BCUT2D eigenvalue weighted by atomic mass is 9.97. The number of non-ortho nitro benzene ring substituents is 1. The van der Waals surface area contributed by atoms with Crippen LogP contribution in [0.25, 0.3) is 0 Å². The number of nitrogens with one attached hydrogen (secondary N) is 1. The number of carboxylic acid groups (broad SMARTS) is 1. The molecule has 1 aromatic rings. The van der Waals surface area contributed by atoms with E-state index in [0.29, 0.717) is 18.5 Å². The zero-order chi connectivity index (χ0) is 13.2. The first-order valence-corrected chi connectivity index (χ1v) is 5.79. The van der Waals surface area contributed by atoms with E-state index in [9.17, 15) is 20.0 Å². The molecular weight excluding hydrogens is 236 g/mol. The number of anilines is 1. The summed E-state index contributed by atoms with van der Waals surface area (Å²) in [6.45, 7) is 0. The number of nitro benzene ring substituents is 1. The van der Waals surface area contributed by atoms with Gasteiger partial charge in [0, 0.05) is 17.8 Å². The highest BCUT2D eigenvalue weighted by Gasteiger charge is 2.41. The molecule has 0 aromatic heterocycles. The summed E-state index contributed by atoms with van der Waals surface area (Å²) in [6, 6.07) is 5.94. The highest BCUT2D eigenvalue weighted by molar-refractivity contribution is 5.83. The summed E-state index contributed by atoms with van der Waals surface area (Å²) in [5.41, 5.74) is -0.540. The summed E-state index contributed by atoms with van der Waals surface area (Å²) in [5.74, 6) is -0.897. The predicted molar refractivity (Wildman–Crippen MR) is 65.6 cm³/mol. The van der Waals surface area contributed by atoms with Gasteiger partial charge in [0.1, 0.15) is 5.54 Å². The summed E-state index contributed by atoms with van der Waals surface area (Å²) in [4.78, 5) is 21.5. The molecule has 0 spiro atoms. The topological polar surface area (TPSA) is 92.5 Å². The average Bonchev–Trinajstić information content (AvgIpc) is 2.79. The quantitative estimate of drug-likeness (QED) is 0.632. The van der Waals surface area contributed by atoms with Crippen molar-refractivity contribution in [2.75, 3.05) is 5.32 Å². The molecule has 1 aliphatic carbocycles. The number of carboxylic acids is 1. The second-order valence-corrected chi connectivity index (χ2v) is 4.53. The van der Waals surface area contributed by atoms with E-state index in [0.717, 1.165) is 12.8 Å². The van der Waals surface area contributed by atoms with E-state index in [-0.39, 0.29) is 5.69 Å². The van der Waals surface area contributed by atoms with Crippen LogP contribution in [0, 0.1) is 10.1 Å². The third kappa shape index (κ3) is 2.27. The van der Waals surface area contributed by atoms with Gasteiger partial charge in [0.25, 0.3) is 5.69 Å². The van der Waals surface area contributed by atoms with E-state index in [1.807, 2.05) is 0 Å². The second kappa shape index (κ2) is 4.64. The Balaban J connectivity index is 2.24. The Hall–Kier alpha value is -2.11. The van der Waals surface area contributed by atoms with Gasteiger partial charge in [0.05, 0.1) is 4.92 Å². The number of nitro groups is 1. The van der Waals surface area contributed by atoms with Crippen LogP contribution >= 0.6 is 0 Å². The van der Waals surface area contributed by atoms with Crippen molar-refractivity contribution in [1.29, 1.82) is 0 Å². The molecule has 1 saturated carbocycles. The molecule has 6 nitrogen and oxygen atoms in total. The highest BCUT2D eigenvalue weighted by Crippen LogP contribution is 2.34. The van der Waals surface area contributed by atoms with Crippen molar-refractivity contribution in [2.24, 2.45) is 0 Å². The second-order valence-electron chi connectivity index (χ2n) is 4.53. The molecule has 0 radical (unpaired) electrons. The average molecular weight is 250 g/mol. The zero-order valence-electron chi connectivity index (χ0n) is 9.76. The third-order valence-electron chi connectivity index (χ3n) is 3.31. The van der Waals surface area contributed by atoms with E-state index < -0.39 is 16.4 Å². The smallest absolute Gasteiger partial charge is 0.329 e. The lowest BCUT2D eigenvalue weighted by molar-refractivity contribution is -0.384. The number of rotatable bonds is 4. The minimum atomic E-state index is -0.977. The van der Waals surface area contributed by atoms with Crippen LogP contribution in [0.3, 0.4) is 0 Å². The van der Waals surface area contributed by atoms with Crippen molar-refractivity contribution in [3.05, 3.63) is 34.4 Å². The van der Waals surface area contributed by atoms with Crippen molar-refractivity contribution in [1.82, 2.24) is 0 Å². The molecule has 0 atom stereocenters. The van der Waals surface area contributed by atoms with Crippen LogP contribution in [0.4, 0.5) is 11.4 Å². The first-order valence-electron chi connectivity index (χ1n) is 5.79. The normalized spacial score (nSPS) is 17.3. The van der Waals surface area contributed by atoms with Crippen LogP contribution in [0.2, 0.25) is 0 Å². The van der Waals surface area contributed by atoms with E-state index in [1.165, 1.54) is 12.1 Å². The van der Waals surface area contributed by atoms with Gasteiger partial charge in [-0.1, -0.05) is 18.9 Å². The monoisotopic (exact) mass is 250 g/mol. The summed E-state index contributed by atoms with van der Waals surface area (Å²) in [5, 5.41) is 22.9. The number of benzene rings is 1. The summed E-state index contributed by atoms with van der Waals surface area (Å²) >= 11 is 0. The van der Waals surface area contributed by atoms with Crippen LogP contribution in [0.5, 0.6) is 0 Å². The fraction of sp³-hybridized carbons (Fsp3) is 0.417. The molecule has 0 amide bonds. The van der Waals surface area contributed by atoms with Crippen molar-refractivity contribution < 1.29 is 14.8 Å². The first-order chi connectivity index (χ1) is 8.53. The van der Waals surface area contributed by atoms with Gasteiger partial charge in [-0.2, -0.15) is 0 Å². The van der Waals surface area contributed by atoms with Gasteiger partial charge in [0.15, 0.2) is 0 Å². The molecule has 0 unspecified atom stereocenters. The van der Waals surface area contributed by atoms with Crippen LogP contribution < -0.4 is 5.32 Å². The molecule has 2 rings (SSSR count). The fourth-order valence-corrected chi connectivity index (χ4v) is 2.34. The number of hydrogen-bond donors (Lipinski definition) is 2. The maximum absolute atomic E-state index is 11.4. The van der Waals surface area contributed by atoms with Crippen molar-refractivity contribution in [3.63, 3.8) is 0 Å². The minimum absolute atomic E-state index is 0.0430. The predicted octanol–water partition coefficient (Wildman–Crippen LogP) is 2.40. The van der Waals surface area contributed by atoms with Crippen molar-refractivity contribution in [3.8, 4) is 0 Å². The SMILES string of the molecule is O=C(O)C1(Nc2cccc([N+](=O)[O-])c2)CCCC1. The van der Waals surface area contributed by atoms with Gasteiger partial charge in [-0.15, -0.1) is 0 Å². The van der Waals surface area contributed by atoms with E-state index in [1.54, 1.807) is 12.1 Å². The number of carbonyl (C=O) groups is 1. The third-order valence-corrected chi connectivity index (χ3v) is 3.31. The van der Waals surface area contributed by atoms with Crippen molar-refractivity contribution >= 4 is 17.3 Å². The van der Waals surface area contributed by atoms with Crippen LogP contribution in [0.15, 0.2) is 24.3 Å². The van der Waals surface area contributed by atoms with Crippen molar-refractivity contribution in [2.45, 2.75) is 31.2 Å². The molecular formula is C12H14N2O4. The lowest BCUT2D eigenvalue weighted by Gasteiger charge is -2.26. The molecule has 0 saturated heterocycles. The zero-order valence-corrected chi connectivity index (χ0v) is 9.76. The minimum Gasteiger partial charge on any atom is -0.480 e. The molecule has 6 heteroatoms. The van der Waals surface area contributed by atoms with Gasteiger partial charge in [0.2, 0.25) is 0 Å². The molecule has 0 aliphatic heterocycles. The Bertz CT molecular complexity index is 481. The molecule has 2 N–H and O–H groups in total. The van der Waals surface area contributed by atoms with Gasteiger partial charge < -0.3 is 10.4 Å². The van der Waals surface area contributed by atoms with Crippen LogP contribution in [0.1, 0.15) is 25.7 Å². The maximum atomic E-state index is 11.4. The number of nitrogens with zero attached hydrogens (tertiary/aromatic N) is 1. The summed E-state index contributed by atoms with van der Waals surface area (Å²) in [7, 11) is 0. The molecule has 1 aromatic carbocycles. The Kier molecular flexibility index (Phi) is 3.18. The standard InChI is InChI=1S/C12H14N2O4/c15-11(16)12(6-1-2-7-12)13-9-4-3-5-10(8-9)14(17)18/h3-5,8,13H,1-2,6-7H2,(H,15,16). The molecule has 1 aliphatic rings. The van der Waals surface area contributed by atoms with Gasteiger partial charge in [-0.05, 0) is 18.9 Å². The first kappa shape index (κ1) is 12.3. The highest BCUT2D eigenvalue weighted by atomic mass is 16.6. The maximum Gasteiger partial charge on any atom is 0.329 e. The Labute approximate surface area is 104 Å². The number of hydrogen-bond acceptors (Lipinski definition) is 4. The van der Waals surface area contributed by atoms with Crippen LogP contribution in [-0.2, 0) is 4.79 Å². The Morgan fingerprint density at radius 2 is 2.06 bits per heavy atom. The molecule has 96 valence electrons. The largest absolute Gasteiger partial charge is 0.480 e. The fourth-order valence-electron chi connectivity index (χ4n) is 2.34. The van der Waals surface area contributed by atoms with Gasteiger partial charge in [-0.3, -0.25) is 10.1 Å². The molecule has 18 heavy (non-hydrogen) atoms. The molecule has 0 heterocycles. The molecule has 0 bridgehead atoms. The molecule has 1 fully saturated rings. The summed E-state index contributed by atoms with van der Waals surface area (Å²) in [6.07, 6.45) is 2.80. The Morgan fingerprint density at radius 3 is 2.61 bits per heavy atom. The Morgan fingerprint density at radius 1 is 1.39 bits per heavy atom. The summed E-state index contributed by atoms with van der Waals surface area (Å²) < 4.78 is 0. The van der Waals surface area contributed by atoms with Gasteiger partial charge >= 0.3 is 5.97 Å².